The Morgan fingerprint density at radius 3 is 1.32 bits per heavy atom. The van der Waals surface area contributed by atoms with Crippen LogP contribution < -0.4 is 0 Å². The molecule has 19 heavy (non-hydrogen) atoms. The highest BCUT2D eigenvalue weighted by atomic mass is 33.1. The third-order valence-corrected chi connectivity index (χ3v) is 5.01. The minimum atomic E-state index is 0.904. The number of hydrogen-bond donors (Lipinski definition) is 1. The van der Waals surface area contributed by atoms with Crippen LogP contribution in [-0.4, -0.2) is 10.3 Å². The molecule has 0 heterocycles. The minimum absolute atomic E-state index is 0.904. The van der Waals surface area contributed by atoms with Crippen molar-refractivity contribution in [3.63, 3.8) is 0 Å². The van der Waals surface area contributed by atoms with Crippen molar-refractivity contribution in [1.82, 2.24) is 0 Å². The Labute approximate surface area is 129 Å². The minimum Gasteiger partial charge on any atom is -0.321 e. The van der Waals surface area contributed by atoms with Gasteiger partial charge in [-0.15, -0.1) is 0 Å². The van der Waals surface area contributed by atoms with E-state index in [0.717, 1.165) is 16.8 Å². The molecule has 0 atom stereocenters. The fraction of sp³-hybridized carbons (Fsp3) is 1.00. The lowest BCUT2D eigenvalue weighted by atomic mass is 10.0. The molecule has 0 aliphatic rings. The van der Waals surface area contributed by atoms with Crippen LogP contribution in [0.15, 0.2) is 0 Å². The second kappa shape index (κ2) is 18.7. The maximum Gasteiger partial charge on any atom is 0.0593 e. The highest BCUT2D eigenvalue weighted by Crippen LogP contribution is 2.19. The zero-order chi connectivity index (χ0) is 14.0. The molecule has 0 unspecified atom stereocenters. The van der Waals surface area contributed by atoms with Gasteiger partial charge in [0.2, 0.25) is 0 Å². The Bertz CT molecular complexity index is 138. The Hall–Kier alpha value is 0.660. The lowest BCUT2D eigenvalue weighted by Gasteiger charge is -2.03. The quantitative estimate of drug-likeness (QED) is 0.183. The predicted octanol–water partition coefficient (Wildman–Crippen LogP) is 7.32. The van der Waals surface area contributed by atoms with Crippen molar-refractivity contribution in [2.75, 3.05) is 5.75 Å². The second-order valence-corrected chi connectivity index (χ2v) is 7.44. The molecule has 116 valence electrons. The van der Waals surface area contributed by atoms with Gasteiger partial charge in [0, 0.05) is 5.75 Å². The molecule has 1 N–H and O–H groups in total. The van der Waals surface area contributed by atoms with Crippen LogP contribution >= 0.6 is 21.9 Å². The summed E-state index contributed by atoms with van der Waals surface area (Å²) in [5.41, 5.74) is 0. The van der Waals surface area contributed by atoms with Gasteiger partial charge in [-0.25, -0.2) is 0 Å². The van der Waals surface area contributed by atoms with Crippen molar-refractivity contribution >= 4 is 21.9 Å². The average Bonchev–Trinajstić information content (AvgIpc) is 2.43. The Kier molecular flexibility index (Phi) is 19.3. The van der Waals surface area contributed by atoms with Crippen LogP contribution in [-0.2, 0) is 0 Å². The van der Waals surface area contributed by atoms with Gasteiger partial charge in [-0.2, -0.15) is 0 Å². The fourth-order valence-electron chi connectivity index (χ4n) is 2.39. The third kappa shape index (κ3) is 18.7. The number of unbranched alkanes of at least 4 members (excludes halogenated alkanes) is 13. The van der Waals surface area contributed by atoms with Gasteiger partial charge in [0.15, 0.2) is 0 Å². The normalized spacial score (nSPS) is 11.1. The summed E-state index contributed by atoms with van der Waals surface area (Å²) in [6.07, 6.45) is 19.8. The van der Waals surface area contributed by atoms with Gasteiger partial charge in [0.1, 0.15) is 0 Å². The molecule has 0 fully saturated rings. The first-order valence-electron chi connectivity index (χ1n) is 8.35. The summed E-state index contributed by atoms with van der Waals surface area (Å²) in [5, 5.41) is 0. The standard InChI is InChI=1S/C16H34OS2/c1-2-3-4-5-6-7-8-9-10-11-12-13-14-15-16-18-19-17/h17H,2-16H2,1H3. The highest BCUT2D eigenvalue weighted by Gasteiger charge is 1.94. The summed E-state index contributed by atoms with van der Waals surface area (Å²) in [5.74, 6) is 1.10. The lowest BCUT2D eigenvalue weighted by Crippen LogP contribution is -1.83. The Morgan fingerprint density at radius 1 is 0.579 bits per heavy atom. The van der Waals surface area contributed by atoms with Crippen molar-refractivity contribution in [2.24, 2.45) is 0 Å². The zero-order valence-electron chi connectivity index (χ0n) is 12.9. The molecule has 0 saturated carbocycles. The van der Waals surface area contributed by atoms with Crippen molar-refractivity contribution in [2.45, 2.75) is 96.8 Å². The Balaban J connectivity index is 2.88. The molecule has 0 aromatic carbocycles. The van der Waals surface area contributed by atoms with Gasteiger partial charge in [-0.05, 0) is 6.42 Å². The van der Waals surface area contributed by atoms with Crippen molar-refractivity contribution in [3.8, 4) is 0 Å². The van der Waals surface area contributed by atoms with Crippen LogP contribution in [0.2, 0.25) is 0 Å². The van der Waals surface area contributed by atoms with E-state index in [1.54, 1.807) is 10.8 Å². The second-order valence-electron chi connectivity index (χ2n) is 5.49. The van der Waals surface area contributed by atoms with E-state index in [9.17, 15) is 0 Å². The summed E-state index contributed by atoms with van der Waals surface area (Å²) >= 11 is 0.904. The number of hydrogen-bond acceptors (Lipinski definition) is 3. The van der Waals surface area contributed by atoms with Gasteiger partial charge in [-0.1, -0.05) is 101 Å². The zero-order valence-corrected chi connectivity index (χ0v) is 14.5. The molecule has 0 aromatic rings. The molecule has 0 aliphatic heterocycles. The molecule has 0 saturated heterocycles. The van der Waals surface area contributed by atoms with E-state index in [4.69, 9.17) is 4.55 Å². The fourth-order valence-corrected chi connectivity index (χ4v) is 3.37. The summed E-state index contributed by atoms with van der Waals surface area (Å²) in [6, 6.07) is 0. The SMILES string of the molecule is CCCCCCCCCCCCCCCCSSO. The van der Waals surface area contributed by atoms with E-state index in [1.807, 2.05) is 0 Å². The van der Waals surface area contributed by atoms with E-state index in [0.29, 0.717) is 0 Å². The lowest BCUT2D eigenvalue weighted by molar-refractivity contribution is 0.538. The molecule has 0 spiro atoms. The maximum absolute atomic E-state index is 8.55. The summed E-state index contributed by atoms with van der Waals surface area (Å²) in [7, 11) is 1.56. The molecule has 0 aliphatic carbocycles. The molecule has 0 rings (SSSR count). The molecular formula is C16H34OS2. The average molecular weight is 307 g/mol. The summed E-state index contributed by atoms with van der Waals surface area (Å²) < 4.78 is 8.55. The first-order chi connectivity index (χ1) is 9.41. The van der Waals surface area contributed by atoms with Crippen LogP contribution in [0, 0.1) is 0 Å². The largest absolute Gasteiger partial charge is 0.321 e. The van der Waals surface area contributed by atoms with Gasteiger partial charge in [0.25, 0.3) is 0 Å². The van der Waals surface area contributed by atoms with E-state index in [-0.39, 0.29) is 0 Å². The van der Waals surface area contributed by atoms with Gasteiger partial charge in [-0.3, -0.25) is 0 Å². The van der Waals surface area contributed by atoms with Gasteiger partial charge in [0.05, 0.1) is 11.1 Å². The smallest absolute Gasteiger partial charge is 0.0593 e. The van der Waals surface area contributed by atoms with E-state index in [2.05, 4.69) is 6.92 Å². The van der Waals surface area contributed by atoms with E-state index < -0.39 is 0 Å². The van der Waals surface area contributed by atoms with Crippen molar-refractivity contribution in [3.05, 3.63) is 0 Å². The predicted molar refractivity (Wildman–Crippen MR) is 93.0 cm³/mol. The third-order valence-electron chi connectivity index (χ3n) is 3.63. The molecule has 0 amide bonds. The van der Waals surface area contributed by atoms with E-state index >= 15 is 0 Å². The maximum atomic E-state index is 8.55. The van der Waals surface area contributed by atoms with Crippen LogP contribution in [0.5, 0.6) is 0 Å². The molecule has 0 aromatic heterocycles. The first-order valence-corrected chi connectivity index (χ1v) is 10.6. The van der Waals surface area contributed by atoms with Crippen molar-refractivity contribution < 1.29 is 4.55 Å². The monoisotopic (exact) mass is 306 g/mol. The Morgan fingerprint density at radius 2 is 0.947 bits per heavy atom. The van der Waals surface area contributed by atoms with Crippen LogP contribution in [0.3, 0.4) is 0 Å². The molecule has 0 radical (unpaired) electrons. The van der Waals surface area contributed by atoms with Crippen LogP contribution in [0.4, 0.5) is 0 Å². The topological polar surface area (TPSA) is 20.2 Å². The summed E-state index contributed by atoms with van der Waals surface area (Å²) in [4.78, 5) is 0. The molecule has 1 nitrogen and oxygen atoms in total. The summed E-state index contributed by atoms with van der Waals surface area (Å²) in [6.45, 7) is 2.28. The highest BCUT2D eigenvalue weighted by molar-refractivity contribution is 8.74. The number of rotatable bonds is 16. The first kappa shape index (κ1) is 19.7. The van der Waals surface area contributed by atoms with Crippen molar-refractivity contribution in [1.29, 1.82) is 0 Å². The molecule has 3 heteroatoms. The molecule has 0 bridgehead atoms. The van der Waals surface area contributed by atoms with Crippen LogP contribution in [0.1, 0.15) is 96.8 Å². The molecular weight excluding hydrogens is 272 g/mol. The van der Waals surface area contributed by atoms with E-state index in [1.165, 1.54) is 89.9 Å². The van der Waals surface area contributed by atoms with Gasteiger partial charge < -0.3 is 4.55 Å². The van der Waals surface area contributed by atoms with Gasteiger partial charge >= 0.3 is 0 Å². The van der Waals surface area contributed by atoms with Crippen LogP contribution in [0.25, 0.3) is 0 Å².